The second-order valence-electron chi connectivity index (χ2n) is 23.8. The van der Waals surface area contributed by atoms with Gasteiger partial charge < -0.3 is 40.5 Å². The van der Waals surface area contributed by atoms with Gasteiger partial charge in [-0.1, -0.05) is 132 Å². The van der Waals surface area contributed by atoms with Crippen molar-refractivity contribution in [2.75, 3.05) is 39.5 Å². The number of ether oxygens (including phenoxy) is 2. The Bertz CT molecular complexity index is 2290. The molecule has 0 heterocycles. The lowest BCUT2D eigenvalue weighted by molar-refractivity contribution is -0.117. The molecule has 4 aromatic rings. The minimum absolute atomic E-state index is 0.115. The number of carbonyl (C=O) groups excluding carboxylic acids is 2. The summed E-state index contributed by atoms with van der Waals surface area (Å²) in [7, 11) is 0. The molecule has 0 unspecified atom stereocenters. The number of phenols is 2. The van der Waals surface area contributed by atoms with E-state index in [2.05, 4.69) is 142 Å². The van der Waals surface area contributed by atoms with Crippen LogP contribution in [0.1, 0.15) is 188 Å². The van der Waals surface area contributed by atoms with Gasteiger partial charge >= 0.3 is 0 Å². The first-order chi connectivity index (χ1) is 33.8. The van der Waals surface area contributed by atoms with E-state index in [1.807, 2.05) is 0 Å². The summed E-state index contributed by atoms with van der Waals surface area (Å²) in [4.78, 5) is 25.6. The van der Waals surface area contributed by atoms with Gasteiger partial charge in [0.1, 0.15) is 36.2 Å². The van der Waals surface area contributed by atoms with E-state index in [-0.39, 0.29) is 71.4 Å². The van der Waals surface area contributed by atoms with Crippen LogP contribution in [-0.2, 0) is 56.9 Å². The minimum atomic E-state index is -0.271. The fraction of sp³-hybridized carbons (Fsp3) is 0.516. The van der Waals surface area contributed by atoms with Crippen molar-refractivity contribution in [3.05, 3.63) is 140 Å². The molecule has 10 heteroatoms. The van der Waals surface area contributed by atoms with Crippen LogP contribution in [0.2, 0.25) is 0 Å². The van der Waals surface area contributed by atoms with E-state index in [4.69, 9.17) is 19.7 Å². The number of nitrogens with one attached hydrogen (secondary N) is 2. The SMILES string of the molecule is CC(C)(C)c1cc2c(O)c(c1)Cc1cc(C(C)(C)C)cc(c1OC/C=C/C(=O)NCCCCCO)Cc1cc(C(C)(C)C)cc(c1O)Cc1cc(C(C)(C)C)cc(c1OC/C=C/C(=O)NCCCCCO)C2. The fourth-order valence-corrected chi connectivity index (χ4v) is 8.96. The molecule has 2 amide bonds. The van der Waals surface area contributed by atoms with Crippen LogP contribution in [0.3, 0.4) is 0 Å². The highest BCUT2D eigenvalue weighted by Gasteiger charge is 2.28. The van der Waals surface area contributed by atoms with Crippen LogP contribution >= 0.6 is 0 Å². The van der Waals surface area contributed by atoms with Crippen LogP contribution < -0.4 is 20.1 Å². The predicted molar refractivity (Wildman–Crippen MR) is 292 cm³/mol. The molecule has 4 aromatic carbocycles. The number of hydrogen-bond acceptors (Lipinski definition) is 8. The van der Waals surface area contributed by atoms with Gasteiger partial charge in [-0.2, -0.15) is 0 Å². The normalized spacial score (nSPS) is 13.4. The summed E-state index contributed by atoms with van der Waals surface area (Å²) in [6, 6.07) is 17.2. The molecule has 0 aromatic heterocycles. The van der Waals surface area contributed by atoms with Gasteiger partial charge in [-0.3, -0.25) is 9.59 Å². The third-order valence-electron chi connectivity index (χ3n) is 13.5. The molecular formula is C62H86N2O8. The van der Waals surface area contributed by atoms with Crippen molar-refractivity contribution in [3.8, 4) is 23.0 Å². The largest absolute Gasteiger partial charge is 0.507 e. The molecule has 0 fully saturated rings. The monoisotopic (exact) mass is 987 g/mol. The van der Waals surface area contributed by atoms with E-state index >= 15 is 0 Å². The number of rotatable bonds is 18. The first-order valence-corrected chi connectivity index (χ1v) is 26.2. The zero-order valence-electron chi connectivity index (χ0n) is 45.7. The van der Waals surface area contributed by atoms with Crippen LogP contribution in [0.25, 0.3) is 0 Å². The van der Waals surface area contributed by atoms with Crippen LogP contribution in [0.15, 0.2) is 72.8 Å². The van der Waals surface area contributed by atoms with Gasteiger partial charge in [0.2, 0.25) is 11.8 Å². The van der Waals surface area contributed by atoms with Gasteiger partial charge in [0.05, 0.1) is 0 Å². The van der Waals surface area contributed by atoms with Crippen molar-refractivity contribution in [3.63, 3.8) is 0 Å². The number of unbranched alkanes of at least 4 members (excludes halogenated alkanes) is 4. The maximum atomic E-state index is 12.8. The molecule has 0 aliphatic heterocycles. The summed E-state index contributed by atoms with van der Waals surface area (Å²) in [6.07, 6.45) is 12.5. The zero-order chi connectivity index (χ0) is 53.0. The molecule has 1 aliphatic carbocycles. The number of phenolic OH excluding ortho intramolecular Hbond substituents is 2. The molecule has 10 nitrogen and oxygen atoms in total. The van der Waals surface area contributed by atoms with Crippen LogP contribution in [0, 0.1) is 0 Å². The number of aliphatic hydroxyl groups is 2. The number of aliphatic hydroxyl groups excluding tert-OH is 2. The second kappa shape index (κ2) is 24.9. The Hall–Kier alpha value is -5.58. The number of benzene rings is 4. The van der Waals surface area contributed by atoms with Crippen molar-refractivity contribution in [2.24, 2.45) is 0 Å². The van der Waals surface area contributed by atoms with Crippen LogP contribution in [0.5, 0.6) is 23.0 Å². The summed E-state index contributed by atoms with van der Waals surface area (Å²) < 4.78 is 13.6. The molecule has 1 aliphatic rings. The Morgan fingerprint density at radius 1 is 0.444 bits per heavy atom. The molecule has 0 atom stereocenters. The lowest BCUT2D eigenvalue weighted by Gasteiger charge is -2.28. The summed E-state index contributed by atoms with van der Waals surface area (Å²) >= 11 is 0. The third kappa shape index (κ3) is 16.2. The summed E-state index contributed by atoms with van der Waals surface area (Å²) in [5, 5.41) is 49.4. The van der Waals surface area contributed by atoms with E-state index in [1.165, 1.54) is 12.2 Å². The zero-order valence-corrected chi connectivity index (χ0v) is 45.7. The minimum Gasteiger partial charge on any atom is -0.507 e. The summed E-state index contributed by atoms with van der Waals surface area (Å²) in [5.41, 5.74) is 9.79. The molecule has 0 saturated carbocycles. The Balaban J connectivity index is 1.75. The van der Waals surface area contributed by atoms with Crippen molar-refractivity contribution in [2.45, 2.75) is 169 Å². The Labute approximate surface area is 431 Å². The van der Waals surface area contributed by atoms with E-state index in [9.17, 15) is 19.8 Å². The molecule has 0 radical (unpaired) electrons. The Kier molecular flexibility index (Phi) is 19.8. The number of hydrogen-bond donors (Lipinski definition) is 6. The van der Waals surface area contributed by atoms with E-state index < -0.39 is 0 Å². The Morgan fingerprint density at radius 3 is 0.958 bits per heavy atom. The lowest BCUT2D eigenvalue weighted by Crippen LogP contribution is -2.22. The first kappa shape index (κ1) is 57.3. The Morgan fingerprint density at radius 2 is 0.708 bits per heavy atom. The van der Waals surface area contributed by atoms with Gasteiger partial charge in [-0.15, -0.1) is 0 Å². The smallest absolute Gasteiger partial charge is 0.243 e. The maximum absolute atomic E-state index is 12.8. The molecule has 0 saturated heterocycles. The third-order valence-corrected chi connectivity index (χ3v) is 13.5. The molecule has 0 spiro atoms. The van der Waals surface area contributed by atoms with Gasteiger partial charge in [-0.25, -0.2) is 0 Å². The van der Waals surface area contributed by atoms with Gasteiger partial charge in [-0.05, 0) is 139 Å². The highest BCUT2D eigenvalue weighted by atomic mass is 16.5. The number of aromatic hydroxyl groups is 2. The molecule has 5 rings (SSSR count). The van der Waals surface area contributed by atoms with Crippen molar-refractivity contribution in [1.29, 1.82) is 0 Å². The summed E-state index contributed by atoms with van der Waals surface area (Å²) in [5.74, 6) is 1.26. The number of carbonyl (C=O) groups is 2. The van der Waals surface area contributed by atoms with Gasteiger partial charge in [0.15, 0.2) is 0 Å². The summed E-state index contributed by atoms with van der Waals surface area (Å²) in [6.45, 7) is 27.7. The predicted octanol–water partition coefficient (Wildman–Crippen LogP) is 11.4. The van der Waals surface area contributed by atoms with Gasteiger partial charge in [0, 0.05) is 64.1 Å². The highest BCUT2D eigenvalue weighted by Crippen LogP contribution is 2.44. The van der Waals surface area contributed by atoms with E-state index in [1.54, 1.807) is 12.2 Å². The van der Waals surface area contributed by atoms with E-state index in [0.29, 0.717) is 63.1 Å². The average molecular weight is 987 g/mol. The highest BCUT2D eigenvalue weighted by molar-refractivity contribution is 5.87. The van der Waals surface area contributed by atoms with Crippen LogP contribution in [0.4, 0.5) is 0 Å². The van der Waals surface area contributed by atoms with Gasteiger partial charge in [0.25, 0.3) is 0 Å². The first-order valence-electron chi connectivity index (χ1n) is 26.2. The van der Waals surface area contributed by atoms with Crippen LogP contribution in [-0.4, -0.2) is 71.8 Å². The second-order valence-corrected chi connectivity index (χ2v) is 23.8. The van der Waals surface area contributed by atoms with Crippen molar-refractivity contribution >= 4 is 11.8 Å². The molecule has 392 valence electrons. The van der Waals surface area contributed by atoms with Crippen molar-refractivity contribution < 1.29 is 39.5 Å². The molecule has 72 heavy (non-hydrogen) atoms. The lowest BCUT2D eigenvalue weighted by atomic mass is 9.79. The molecular weight excluding hydrogens is 901 g/mol. The van der Waals surface area contributed by atoms with E-state index in [0.717, 1.165) is 92.4 Å². The standard InChI is InChI=1S/C62H86N2O8/c1-59(2,3)49-33-41-29-45-37-51(61(7,8)9)39-47(57(45)71-27-19-21-53(67)63-23-15-13-17-25-65)31-43-35-50(60(4,5)6)36-44(56(43)70)32-48-40-52(62(10,11)12)38-46(30-42(34-49)55(41)69)58(48)72-28-20-22-54(68)64-24-16-14-18-26-66/h19-22,33-40,65-66,69-70H,13-18,23-32H2,1-12H3,(H,63,67)(H,64,68)/b21-19+,22-20+. The van der Waals surface area contributed by atoms with Crippen molar-refractivity contribution in [1.82, 2.24) is 10.6 Å². The maximum Gasteiger partial charge on any atom is 0.243 e. The average Bonchev–Trinajstić information content (AvgIpc) is 3.28. The number of amides is 2. The number of fused-ring (bicyclic) bond motifs is 8. The fourth-order valence-electron chi connectivity index (χ4n) is 8.96. The molecule has 6 N–H and O–H groups in total. The quantitative estimate of drug-likeness (QED) is 0.0374. The molecule has 8 bridgehead atoms. The topological polar surface area (TPSA) is 158 Å².